The van der Waals surface area contributed by atoms with Gasteiger partial charge in [-0.3, -0.25) is 0 Å². The summed E-state index contributed by atoms with van der Waals surface area (Å²) in [6.07, 6.45) is 9.55. The topological polar surface area (TPSA) is 130 Å². The van der Waals surface area contributed by atoms with Gasteiger partial charge in [-0.25, -0.2) is 4.68 Å². The highest BCUT2D eigenvalue weighted by atomic mass is 16.6. The molecule has 13 atom stereocenters. The van der Waals surface area contributed by atoms with Crippen molar-refractivity contribution in [2.75, 3.05) is 6.61 Å². The fraction of sp³-hybridized carbons (Fsp3) is 0.892. The zero-order valence-electron chi connectivity index (χ0n) is 29.1. The van der Waals surface area contributed by atoms with Crippen LogP contribution in [0.1, 0.15) is 124 Å². The average molecular weight is 644 g/mol. The summed E-state index contributed by atoms with van der Waals surface area (Å²) in [6, 6.07) is 0. The van der Waals surface area contributed by atoms with Crippen molar-refractivity contribution in [1.82, 2.24) is 15.0 Å². The molecule has 6 rings (SSSR count). The molecular formula is C37H61N3O6. The van der Waals surface area contributed by atoms with Crippen LogP contribution in [0.2, 0.25) is 0 Å². The van der Waals surface area contributed by atoms with Gasteiger partial charge in [0, 0.05) is 0 Å². The number of hydrogen-bond donors (Lipinski definition) is 4. The van der Waals surface area contributed by atoms with Crippen LogP contribution in [0.4, 0.5) is 0 Å². The van der Waals surface area contributed by atoms with Gasteiger partial charge in [0.05, 0.1) is 25.5 Å². The fourth-order valence-corrected chi connectivity index (χ4v) is 10.6. The summed E-state index contributed by atoms with van der Waals surface area (Å²) in [6.45, 7) is 14.8. The van der Waals surface area contributed by atoms with Crippen molar-refractivity contribution in [2.45, 2.75) is 156 Å². The molecule has 1 saturated heterocycles. The molecule has 9 nitrogen and oxygen atoms in total. The summed E-state index contributed by atoms with van der Waals surface area (Å²) in [5, 5.41) is 48.5. The molecule has 0 spiro atoms. The van der Waals surface area contributed by atoms with E-state index >= 15 is 0 Å². The largest absolute Gasteiger partial charge is 0.394 e. The highest BCUT2D eigenvalue weighted by Crippen LogP contribution is 2.66. The van der Waals surface area contributed by atoms with Crippen LogP contribution < -0.4 is 0 Å². The highest BCUT2D eigenvalue weighted by molar-refractivity contribution is 5.34. The van der Waals surface area contributed by atoms with Gasteiger partial charge >= 0.3 is 0 Å². The molecule has 0 amide bonds. The molecule has 4 fully saturated rings. The summed E-state index contributed by atoms with van der Waals surface area (Å²) in [7, 11) is 0. The maximum absolute atomic E-state index is 10.5. The second kappa shape index (κ2) is 13.5. The van der Waals surface area contributed by atoms with Crippen LogP contribution in [0, 0.1) is 46.3 Å². The molecule has 0 radical (unpaired) electrons. The molecule has 4 N–H and O–H groups in total. The van der Waals surface area contributed by atoms with Crippen LogP contribution in [0.15, 0.2) is 17.3 Å². The van der Waals surface area contributed by atoms with E-state index in [1.54, 1.807) is 6.20 Å². The second-order valence-corrected chi connectivity index (χ2v) is 16.8. The van der Waals surface area contributed by atoms with Crippen molar-refractivity contribution in [2.24, 2.45) is 46.3 Å². The lowest BCUT2D eigenvalue weighted by Gasteiger charge is -2.57. The Labute approximate surface area is 276 Å². The van der Waals surface area contributed by atoms with E-state index in [4.69, 9.17) is 9.47 Å². The highest BCUT2D eigenvalue weighted by Gasteiger charge is 2.56. The summed E-state index contributed by atoms with van der Waals surface area (Å²) < 4.78 is 13.4. The molecule has 1 aromatic heterocycles. The molecule has 0 aromatic carbocycles. The van der Waals surface area contributed by atoms with Gasteiger partial charge in [0.2, 0.25) is 0 Å². The molecule has 260 valence electrons. The number of ether oxygens (including phenoxy) is 2. The first-order valence-electron chi connectivity index (χ1n) is 18.4. The van der Waals surface area contributed by atoms with Gasteiger partial charge in [-0.05, 0) is 104 Å². The number of rotatable bonds is 10. The van der Waals surface area contributed by atoms with Gasteiger partial charge in [-0.1, -0.05) is 70.7 Å². The van der Waals surface area contributed by atoms with Gasteiger partial charge in [0.1, 0.15) is 30.1 Å². The SMILES string of the molecule is CC(C)[C@@H](C)CC[C@@H](C)[C@H]1CCC2=C3CC[C@H]4C[C@@H](OCc5cn([C@@H]6O[C@H](CO)[C@@H](O)[C@H](O)[C@H]6O)nn5)CC[C@]4(C)[C@H]3CC[C@@]21C. The van der Waals surface area contributed by atoms with Crippen molar-refractivity contribution < 1.29 is 29.9 Å². The third kappa shape index (κ3) is 6.15. The van der Waals surface area contributed by atoms with E-state index in [0.717, 1.165) is 42.4 Å². The Hall–Kier alpha value is -1.36. The summed E-state index contributed by atoms with van der Waals surface area (Å²) in [5.41, 5.74) is 5.11. The van der Waals surface area contributed by atoms with E-state index in [1.165, 1.54) is 62.5 Å². The predicted molar refractivity (Wildman–Crippen MR) is 175 cm³/mol. The van der Waals surface area contributed by atoms with Crippen LogP contribution in [0.5, 0.6) is 0 Å². The molecule has 1 aromatic rings. The first-order chi connectivity index (χ1) is 21.9. The first kappa shape index (κ1) is 34.5. The molecule has 46 heavy (non-hydrogen) atoms. The van der Waals surface area contributed by atoms with Crippen LogP contribution in [0.25, 0.3) is 0 Å². The monoisotopic (exact) mass is 643 g/mol. The molecule has 5 aliphatic rings. The molecule has 0 bridgehead atoms. The zero-order chi connectivity index (χ0) is 33.0. The van der Waals surface area contributed by atoms with E-state index in [2.05, 4.69) is 51.9 Å². The lowest BCUT2D eigenvalue weighted by Crippen LogP contribution is -2.56. The average Bonchev–Trinajstić information content (AvgIpc) is 3.65. The van der Waals surface area contributed by atoms with E-state index < -0.39 is 37.3 Å². The van der Waals surface area contributed by atoms with Crippen LogP contribution in [-0.2, 0) is 16.1 Å². The number of aromatic nitrogens is 3. The predicted octanol–water partition coefficient (Wildman–Crippen LogP) is 5.57. The minimum Gasteiger partial charge on any atom is -0.394 e. The fourth-order valence-electron chi connectivity index (χ4n) is 10.6. The minimum atomic E-state index is -1.46. The third-order valence-electron chi connectivity index (χ3n) is 14.1. The van der Waals surface area contributed by atoms with Crippen molar-refractivity contribution in [1.29, 1.82) is 0 Å². The molecule has 1 aliphatic heterocycles. The number of hydrogen-bond acceptors (Lipinski definition) is 8. The van der Waals surface area contributed by atoms with Crippen molar-refractivity contribution in [3.05, 3.63) is 23.0 Å². The van der Waals surface area contributed by atoms with Crippen molar-refractivity contribution in [3.63, 3.8) is 0 Å². The van der Waals surface area contributed by atoms with E-state index in [-0.39, 0.29) is 6.10 Å². The normalized spacial score (nSPS) is 42.5. The van der Waals surface area contributed by atoms with Gasteiger partial charge < -0.3 is 29.9 Å². The molecular weight excluding hydrogens is 582 g/mol. The number of allylic oxidation sites excluding steroid dienone is 2. The van der Waals surface area contributed by atoms with Gasteiger partial charge in [0.25, 0.3) is 0 Å². The Kier molecular flexibility index (Phi) is 10.1. The lowest BCUT2D eigenvalue weighted by atomic mass is 9.48. The van der Waals surface area contributed by atoms with Crippen molar-refractivity contribution in [3.8, 4) is 0 Å². The summed E-state index contributed by atoms with van der Waals surface area (Å²) >= 11 is 0. The maximum Gasteiger partial charge on any atom is 0.180 e. The summed E-state index contributed by atoms with van der Waals surface area (Å²) in [4.78, 5) is 0. The lowest BCUT2D eigenvalue weighted by molar-refractivity contribution is -0.254. The Bertz CT molecular complexity index is 1230. The Morgan fingerprint density at radius 2 is 1.76 bits per heavy atom. The Morgan fingerprint density at radius 1 is 0.978 bits per heavy atom. The van der Waals surface area contributed by atoms with E-state index in [9.17, 15) is 20.4 Å². The van der Waals surface area contributed by atoms with Gasteiger partial charge in [-0.15, -0.1) is 5.10 Å². The number of fused-ring (bicyclic) bond motifs is 4. The Morgan fingerprint density at radius 3 is 2.50 bits per heavy atom. The summed E-state index contributed by atoms with van der Waals surface area (Å²) in [5.74, 6) is 4.62. The van der Waals surface area contributed by atoms with Crippen molar-refractivity contribution >= 4 is 0 Å². The van der Waals surface area contributed by atoms with E-state index in [0.29, 0.717) is 29.0 Å². The van der Waals surface area contributed by atoms with Crippen LogP contribution >= 0.6 is 0 Å². The number of nitrogens with zero attached hydrogens (tertiary/aromatic N) is 3. The van der Waals surface area contributed by atoms with E-state index in [1.807, 2.05) is 11.1 Å². The van der Waals surface area contributed by atoms with Gasteiger partial charge in [0.15, 0.2) is 6.23 Å². The zero-order valence-corrected chi connectivity index (χ0v) is 29.1. The van der Waals surface area contributed by atoms with Gasteiger partial charge in [-0.2, -0.15) is 0 Å². The minimum absolute atomic E-state index is 0.184. The Balaban J connectivity index is 1.06. The number of aliphatic hydroxyl groups excluding tert-OH is 4. The smallest absolute Gasteiger partial charge is 0.180 e. The third-order valence-corrected chi connectivity index (χ3v) is 14.1. The van der Waals surface area contributed by atoms with Crippen LogP contribution in [0.3, 0.4) is 0 Å². The molecule has 3 saturated carbocycles. The van der Waals surface area contributed by atoms with Crippen LogP contribution in [-0.4, -0.2) is 72.5 Å². The quantitative estimate of drug-likeness (QED) is 0.244. The molecule has 4 aliphatic carbocycles. The standard InChI is InChI=1S/C37H61N3O6/c1-21(2)22(3)7-8-23(4)28-11-12-29-27-10-9-24-17-26(13-15-36(24,5)30(27)14-16-37(28,29)6)45-20-25-18-40(39-38-25)35-34(44)33(43)32(42)31(19-41)46-35/h18,21-24,26,28,30-35,41-44H,7-17,19-20H2,1-6H3/t22-,23+,24-,26-,28+,30-,31+,32+,33-,34+,35+,36-,37+/m0/s1. The maximum atomic E-state index is 10.5. The molecule has 2 heterocycles. The number of aliphatic hydroxyl groups is 4. The molecule has 0 unspecified atom stereocenters. The molecule has 9 heteroatoms. The second-order valence-electron chi connectivity index (χ2n) is 16.8. The first-order valence-corrected chi connectivity index (χ1v) is 18.4.